The van der Waals surface area contributed by atoms with Crippen molar-refractivity contribution in [1.82, 2.24) is 0 Å². The normalized spacial score (nSPS) is 12.6. The van der Waals surface area contributed by atoms with Crippen LogP contribution in [0, 0.1) is 0 Å². The summed E-state index contributed by atoms with van der Waals surface area (Å²) in [5.74, 6) is -4.42. The highest BCUT2D eigenvalue weighted by Crippen LogP contribution is 2.19. The third-order valence-electron chi connectivity index (χ3n) is 3.99. The number of hydrogen-bond acceptors (Lipinski definition) is 10. The molecule has 0 aromatic heterocycles. The zero-order valence-electron chi connectivity index (χ0n) is 20.8. The summed E-state index contributed by atoms with van der Waals surface area (Å²) in [6.45, 7) is 23.0. The molecule has 0 fully saturated rings. The molecule has 0 aliphatic carbocycles. The third-order valence-corrected chi connectivity index (χ3v) is 3.99. The lowest BCUT2D eigenvalue weighted by molar-refractivity contribution is -0.191. The lowest BCUT2D eigenvalue weighted by atomic mass is 10.1. The second-order valence-electron chi connectivity index (χ2n) is 7.86. The molecule has 0 aliphatic heterocycles. The Morgan fingerprint density at radius 2 is 0.743 bits per heavy atom. The zero-order chi connectivity index (χ0) is 27.5. The summed E-state index contributed by atoms with van der Waals surface area (Å²) < 4.78 is 26.3. The maximum atomic E-state index is 12.4. The predicted octanol–water partition coefficient (Wildman–Crippen LogP) is 2.69. The molecule has 0 rings (SSSR count). The molecule has 0 saturated carbocycles. The molecule has 10 nitrogen and oxygen atoms in total. The van der Waals surface area contributed by atoms with Crippen molar-refractivity contribution in [3.63, 3.8) is 0 Å². The minimum atomic E-state index is -1.61. The average Bonchev–Trinajstić information content (AvgIpc) is 2.76. The molecule has 192 valence electrons. The van der Waals surface area contributed by atoms with Crippen LogP contribution in [0.15, 0.2) is 60.8 Å². The number of rotatable bonds is 14. The highest BCUT2D eigenvalue weighted by molar-refractivity contribution is 5.89. The first-order valence-electron chi connectivity index (χ1n) is 10.3. The summed E-state index contributed by atoms with van der Waals surface area (Å²) in [6.07, 6.45) is -4.64. The molecule has 0 radical (unpaired) electrons. The van der Waals surface area contributed by atoms with Gasteiger partial charge in [0.2, 0.25) is 0 Å². The van der Waals surface area contributed by atoms with Gasteiger partial charge in [-0.05, 0) is 34.6 Å². The maximum absolute atomic E-state index is 12.4. The second-order valence-corrected chi connectivity index (χ2v) is 7.86. The molecule has 0 saturated heterocycles. The van der Waals surface area contributed by atoms with E-state index in [0.29, 0.717) is 0 Å². The van der Waals surface area contributed by atoms with Crippen LogP contribution in [0.3, 0.4) is 0 Å². The summed E-state index contributed by atoms with van der Waals surface area (Å²) in [6, 6.07) is 0. The Kier molecular flexibility index (Phi) is 12.7. The van der Waals surface area contributed by atoms with Gasteiger partial charge in [-0.1, -0.05) is 32.9 Å². The van der Waals surface area contributed by atoms with Gasteiger partial charge in [0.1, 0.15) is 13.2 Å². The Morgan fingerprint density at radius 3 is 1.00 bits per heavy atom. The quantitative estimate of drug-likeness (QED) is 0.202. The van der Waals surface area contributed by atoms with Crippen LogP contribution in [0.2, 0.25) is 0 Å². The second kappa shape index (κ2) is 14.3. The van der Waals surface area contributed by atoms with Crippen molar-refractivity contribution in [3.05, 3.63) is 60.8 Å². The first-order chi connectivity index (χ1) is 16.1. The van der Waals surface area contributed by atoms with E-state index >= 15 is 0 Å². The lowest BCUT2D eigenvalue weighted by Gasteiger charge is -2.32. The molecule has 0 aliphatic rings. The van der Waals surface area contributed by atoms with Gasteiger partial charge in [0.05, 0.1) is 0 Å². The molecule has 0 N–H and O–H groups in total. The SMILES string of the molecule is C=C(C)C(=O)OC[C@H](OC(=O)C(=C)C)[C@H](OC(=O)C(=C)C)[C@@H](COC(=O)C(=C)C)OC(=O)C(=C)C. The van der Waals surface area contributed by atoms with E-state index in [1.54, 1.807) is 0 Å². The van der Waals surface area contributed by atoms with E-state index in [0.717, 1.165) is 0 Å². The fourth-order valence-electron chi connectivity index (χ4n) is 2.05. The van der Waals surface area contributed by atoms with Crippen molar-refractivity contribution in [2.45, 2.75) is 52.9 Å². The largest absolute Gasteiger partial charge is 0.458 e. The fourth-order valence-corrected chi connectivity index (χ4v) is 2.05. The summed E-state index contributed by atoms with van der Waals surface area (Å²) in [5.41, 5.74) is 0.0193. The zero-order valence-corrected chi connectivity index (χ0v) is 20.8. The molecule has 10 heteroatoms. The molecule has 0 unspecified atom stereocenters. The Bertz CT molecular complexity index is 878. The fraction of sp³-hybridized carbons (Fsp3) is 0.400. The molecular weight excluding hydrogens is 460 g/mol. The van der Waals surface area contributed by atoms with Gasteiger partial charge in [0, 0.05) is 27.9 Å². The van der Waals surface area contributed by atoms with Crippen LogP contribution in [0.4, 0.5) is 0 Å². The molecule has 0 spiro atoms. The van der Waals surface area contributed by atoms with Crippen molar-refractivity contribution in [3.8, 4) is 0 Å². The van der Waals surface area contributed by atoms with E-state index in [1.807, 2.05) is 0 Å². The van der Waals surface area contributed by atoms with Crippen LogP contribution in [-0.4, -0.2) is 61.4 Å². The molecule has 3 atom stereocenters. The standard InChI is InChI=1S/C25H32O10/c1-13(2)21(26)31-11-18(33-23(28)15(5)6)20(35-25(30)17(9)10)19(34-24(29)16(7)8)12-32-22(27)14(3)4/h18-20H,1,3,5,7,9,11-12H2,2,4,6,8,10H3/t18-,19+,20-. The number of carbonyl (C=O) groups excluding carboxylic acids is 5. The Hall–Kier alpha value is -3.95. The molecule has 0 aromatic rings. The van der Waals surface area contributed by atoms with Crippen LogP contribution < -0.4 is 0 Å². The van der Waals surface area contributed by atoms with Crippen molar-refractivity contribution in [2.24, 2.45) is 0 Å². The van der Waals surface area contributed by atoms with Gasteiger partial charge in [-0.2, -0.15) is 0 Å². The van der Waals surface area contributed by atoms with E-state index < -0.39 is 61.4 Å². The van der Waals surface area contributed by atoms with Gasteiger partial charge in [0.25, 0.3) is 0 Å². The molecule has 0 heterocycles. The van der Waals surface area contributed by atoms with Crippen LogP contribution in [0.5, 0.6) is 0 Å². The minimum Gasteiger partial charge on any atom is -0.458 e. The average molecular weight is 493 g/mol. The van der Waals surface area contributed by atoms with Gasteiger partial charge in [-0.15, -0.1) is 0 Å². The molecule has 0 amide bonds. The molecule has 35 heavy (non-hydrogen) atoms. The number of ether oxygens (including phenoxy) is 5. The summed E-state index contributed by atoms with van der Waals surface area (Å²) in [4.78, 5) is 61.0. The van der Waals surface area contributed by atoms with Crippen LogP contribution in [0.1, 0.15) is 34.6 Å². The van der Waals surface area contributed by atoms with Gasteiger partial charge >= 0.3 is 29.8 Å². The highest BCUT2D eigenvalue weighted by atomic mass is 16.6. The van der Waals surface area contributed by atoms with Crippen molar-refractivity contribution < 1.29 is 47.7 Å². The minimum absolute atomic E-state index is 0.0182. The van der Waals surface area contributed by atoms with Crippen LogP contribution in [0.25, 0.3) is 0 Å². The predicted molar refractivity (Wildman–Crippen MR) is 126 cm³/mol. The lowest BCUT2D eigenvalue weighted by Crippen LogP contribution is -2.50. The van der Waals surface area contributed by atoms with Gasteiger partial charge in [-0.25, -0.2) is 24.0 Å². The van der Waals surface area contributed by atoms with E-state index in [2.05, 4.69) is 32.9 Å². The van der Waals surface area contributed by atoms with Gasteiger partial charge in [-0.3, -0.25) is 0 Å². The number of hydrogen-bond donors (Lipinski definition) is 0. The van der Waals surface area contributed by atoms with Gasteiger partial charge < -0.3 is 23.7 Å². The first-order valence-corrected chi connectivity index (χ1v) is 10.3. The number of esters is 5. The van der Waals surface area contributed by atoms with Crippen molar-refractivity contribution in [1.29, 1.82) is 0 Å². The van der Waals surface area contributed by atoms with Crippen LogP contribution >= 0.6 is 0 Å². The van der Waals surface area contributed by atoms with Gasteiger partial charge in [0.15, 0.2) is 18.3 Å². The molecule has 0 aromatic carbocycles. The van der Waals surface area contributed by atoms with E-state index in [-0.39, 0.29) is 27.9 Å². The number of carbonyl (C=O) groups is 5. The maximum Gasteiger partial charge on any atom is 0.333 e. The summed E-state index contributed by atoms with van der Waals surface area (Å²) in [7, 11) is 0. The highest BCUT2D eigenvalue weighted by Gasteiger charge is 2.40. The smallest absolute Gasteiger partial charge is 0.333 e. The van der Waals surface area contributed by atoms with Crippen molar-refractivity contribution >= 4 is 29.8 Å². The monoisotopic (exact) mass is 492 g/mol. The van der Waals surface area contributed by atoms with E-state index in [1.165, 1.54) is 34.6 Å². The Morgan fingerprint density at radius 1 is 0.486 bits per heavy atom. The Labute approximate surface area is 204 Å². The Balaban J connectivity index is 6.46. The summed E-state index contributed by atoms with van der Waals surface area (Å²) in [5, 5.41) is 0. The molecule has 0 bridgehead atoms. The topological polar surface area (TPSA) is 132 Å². The van der Waals surface area contributed by atoms with E-state index in [9.17, 15) is 24.0 Å². The first kappa shape index (κ1) is 31.0. The summed E-state index contributed by atoms with van der Waals surface area (Å²) >= 11 is 0. The third kappa shape index (κ3) is 11.1. The molecular formula is C25H32O10. The van der Waals surface area contributed by atoms with E-state index in [4.69, 9.17) is 23.7 Å². The van der Waals surface area contributed by atoms with Crippen LogP contribution in [-0.2, 0) is 47.7 Å². The van der Waals surface area contributed by atoms with Crippen molar-refractivity contribution in [2.75, 3.05) is 13.2 Å².